The summed E-state index contributed by atoms with van der Waals surface area (Å²) in [5, 5.41) is 16.7. The molecule has 2 heterocycles. The average molecular weight is 252 g/mol. The van der Waals surface area contributed by atoms with Crippen LogP contribution in [-0.2, 0) is 13.6 Å². The first-order chi connectivity index (χ1) is 8.06. The van der Waals surface area contributed by atoms with Gasteiger partial charge >= 0.3 is 5.97 Å². The van der Waals surface area contributed by atoms with Gasteiger partial charge in [0.05, 0.1) is 11.9 Å². The zero-order valence-electron chi connectivity index (χ0n) is 9.47. The summed E-state index contributed by atoms with van der Waals surface area (Å²) >= 11 is 1.12. The minimum absolute atomic E-state index is 0.232. The van der Waals surface area contributed by atoms with Crippen molar-refractivity contribution >= 4 is 22.4 Å². The first-order valence-electron chi connectivity index (χ1n) is 4.98. The van der Waals surface area contributed by atoms with Crippen molar-refractivity contribution in [2.75, 3.05) is 5.32 Å². The summed E-state index contributed by atoms with van der Waals surface area (Å²) < 4.78 is 1.75. The maximum absolute atomic E-state index is 10.7. The normalized spacial score (nSPS) is 10.5. The molecule has 0 aliphatic heterocycles. The van der Waals surface area contributed by atoms with Crippen molar-refractivity contribution in [3.05, 3.63) is 28.5 Å². The third kappa shape index (κ3) is 2.62. The van der Waals surface area contributed by atoms with Crippen molar-refractivity contribution in [3.63, 3.8) is 0 Å². The molecule has 2 rings (SSSR count). The van der Waals surface area contributed by atoms with E-state index in [4.69, 9.17) is 5.11 Å². The minimum Gasteiger partial charge on any atom is -0.477 e. The molecule has 90 valence electrons. The minimum atomic E-state index is -0.951. The lowest BCUT2D eigenvalue weighted by atomic mass is 10.3. The van der Waals surface area contributed by atoms with E-state index >= 15 is 0 Å². The summed E-state index contributed by atoms with van der Waals surface area (Å²) in [5.74, 6) is -0.951. The van der Waals surface area contributed by atoms with Gasteiger partial charge in [0.25, 0.3) is 0 Å². The fraction of sp³-hybridized carbons (Fsp3) is 0.300. The van der Waals surface area contributed by atoms with Gasteiger partial charge in [-0.25, -0.2) is 9.78 Å². The first-order valence-corrected chi connectivity index (χ1v) is 5.80. The van der Waals surface area contributed by atoms with Crippen molar-refractivity contribution in [2.45, 2.75) is 13.5 Å². The molecule has 0 spiro atoms. The zero-order chi connectivity index (χ0) is 12.4. The van der Waals surface area contributed by atoms with Crippen LogP contribution in [0.3, 0.4) is 0 Å². The second-order valence-corrected chi connectivity index (χ2v) is 4.63. The molecule has 0 saturated carbocycles. The first kappa shape index (κ1) is 11.6. The molecule has 0 bridgehead atoms. The maximum Gasteiger partial charge on any atom is 0.347 e. The third-order valence-electron chi connectivity index (χ3n) is 2.26. The van der Waals surface area contributed by atoms with Crippen LogP contribution in [0.2, 0.25) is 0 Å². The summed E-state index contributed by atoms with van der Waals surface area (Å²) in [5.41, 5.74) is 2.02. The predicted octanol–water partition coefficient (Wildman–Crippen LogP) is 1.50. The van der Waals surface area contributed by atoms with Gasteiger partial charge in [0.1, 0.15) is 4.88 Å². The quantitative estimate of drug-likeness (QED) is 0.861. The Labute approximate surface area is 102 Å². The van der Waals surface area contributed by atoms with Gasteiger partial charge in [-0.3, -0.25) is 4.68 Å². The molecule has 0 unspecified atom stereocenters. The Morgan fingerprint density at radius 3 is 2.94 bits per heavy atom. The number of carbonyl (C=O) groups is 1. The Bertz CT molecular complexity index is 546. The molecule has 0 aromatic carbocycles. The number of hydrogen-bond acceptors (Lipinski definition) is 5. The van der Waals surface area contributed by atoms with Crippen LogP contribution in [-0.4, -0.2) is 25.8 Å². The average Bonchev–Trinajstić information content (AvgIpc) is 2.82. The van der Waals surface area contributed by atoms with Crippen molar-refractivity contribution < 1.29 is 9.90 Å². The number of aromatic nitrogens is 3. The monoisotopic (exact) mass is 252 g/mol. The fourth-order valence-corrected chi connectivity index (χ4v) is 2.10. The highest BCUT2D eigenvalue weighted by atomic mass is 32.1. The molecule has 7 heteroatoms. The van der Waals surface area contributed by atoms with Gasteiger partial charge in [0.2, 0.25) is 0 Å². The van der Waals surface area contributed by atoms with Crippen LogP contribution in [0.4, 0.5) is 5.13 Å². The molecule has 0 radical (unpaired) electrons. The van der Waals surface area contributed by atoms with Crippen molar-refractivity contribution in [1.82, 2.24) is 14.8 Å². The number of rotatable bonds is 4. The number of aryl methyl sites for hydroxylation is 2. The van der Waals surface area contributed by atoms with E-state index in [0.717, 1.165) is 22.6 Å². The molecule has 0 saturated heterocycles. The highest BCUT2D eigenvalue weighted by Gasteiger charge is 2.09. The molecular formula is C10H12N4O2S. The molecule has 0 fully saturated rings. The highest BCUT2D eigenvalue weighted by Crippen LogP contribution is 2.19. The number of carboxylic acids is 1. The summed E-state index contributed by atoms with van der Waals surface area (Å²) in [6, 6.07) is 0. The third-order valence-corrected chi connectivity index (χ3v) is 3.20. The standard InChI is InChI=1S/C10H12N4O2S/c1-6-7(5-14(2)13-6)3-11-10-12-4-8(17-10)9(15)16/h4-5H,3H2,1-2H3,(H,11,12)(H,15,16). The number of hydrogen-bond donors (Lipinski definition) is 2. The molecule has 2 aromatic rings. The number of thiazole rings is 1. The van der Waals surface area contributed by atoms with Crippen LogP contribution < -0.4 is 5.32 Å². The van der Waals surface area contributed by atoms with Crippen LogP contribution in [0.15, 0.2) is 12.4 Å². The van der Waals surface area contributed by atoms with E-state index in [-0.39, 0.29) is 4.88 Å². The van der Waals surface area contributed by atoms with Gasteiger partial charge in [-0.15, -0.1) is 0 Å². The van der Waals surface area contributed by atoms with Gasteiger partial charge in [0, 0.05) is 25.4 Å². The van der Waals surface area contributed by atoms with Gasteiger partial charge in [-0.2, -0.15) is 5.10 Å². The fourth-order valence-electron chi connectivity index (χ4n) is 1.45. The maximum atomic E-state index is 10.7. The molecular weight excluding hydrogens is 240 g/mol. The van der Waals surface area contributed by atoms with Crippen LogP contribution in [0.1, 0.15) is 20.9 Å². The molecule has 0 aliphatic carbocycles. The Hall–Kier alpha value is -1.89. The van der Waals surface area contributed by atoms with Crippen molar-refractivity contribution in [3.8, 4) is 0 Å². The van der Waals surface area contributed by atoms with Crippen molar-refractivity contribution in [2.24, 2.45) is 7.05 Å². The van der Waals surface area contributed by atoms with E-state index < -0.39 is 5.97 Å². The molecule has 2 N–H and O–H groups in total. The number of nitrogens with one attached hydrogen (secondary N) is 1. The Kier molecular flexibility index (Phi) is 3.10. The van der Waals surface area contributed by atoms with Gasteiger partial charge in [-0.05, 0) is 6.92 Å². The van der Waals surface area contributed by atoms with Gasteiger partial charge in [0.15, 0.2) is 5.13 Å². The van der Waals surface area contributed by atoms with E-state index in [1.54, 1.807) is 4.68 Å². The number of aromatic carboxylic acids is 1. The Balaban J connectivity index is 2.02. The summed E-state index contributed by atoms with van der Waals surface area (Å²) in [6.07, 6.45) is 3.28. The van der Waals surface area contributed by atoms with Crippen LogP contribution >= 0.6 is 11.3 Å². The highest BCUT2D eigenvalue weighted by molar-refractivity contribution is 7.17. The Morgan fingerprint density at radius 2 is 2.41 bits per heavy atom. The predicted molar refractivity (Wildman–Crippen MR) is 64.3 cm³/mol. The van der Waals surface area contributed by atoms with E-state index in [0.29, 0.717) is 11.7 Å². The molecule has 17 heavy (non-hydrogen) atoms. The summed E-state index contributed by atoms with van der Waals surface area (Å²) in [4.78, 5) is 14.9. The number of nitrogens with zero attached hydrogens (tertiary/aromatic N) is 3. The molecule has 0 atom stereocenters. The largest absolute Gasteiger partial charge is 0.477 e. The van der Waals surface area contributed by atoms with Crippen molar-refractivity contribution in [1.29, 1.82) is 0 Å². The van der Waals surface area contributed by atoms with Crippen LogP contribution in [0.25, 0.3) is 0 Å². The SMILES string of the molecule is Cc1nn(C)cc1CNc1ncc(C(=O)O)s1. The lowest BCUT2D eigenvalue weighted by Crippen LogP contribution is -1.99. The smallest absolute Gasteiger partial charge is 0.347 e. The topological polar surface area (TPSA) is 80.0 Å². The van der Waals surface area contributed by atoms with E-state index in [9.17, 15) is 4.79 Å². The van der Waals surface area contributed by atoms with Crippen LogP contribution in [0.5, 0.6) is 0 Å². The molecule has 6 nitrogen and oxygen atoms in total. The molecule has 2 aromatic heterocycles. The van der Waals surface area contributed by atoms with Crippen LogP contribution in [0, 0.1) is 6.92 Å². The summed E-state index contributed by atoms with van der Waals surface area (Å²) in [7, 11) is 1.86. The van der Waals surface area contributed by atoms with E-state index in [1.807, 2.05) is 20.2 Å². The van der Waals surface area contributed by atoms with Gasteiger partial charge < -0.3 is 10.4 Å². The number of carboxylic acid groups (broad SMARTS) is 1. The van der Waals surface area contributed by atoms with E-state index in [2.05, 4.69) is 15.4 Å². The molecule has 0 amide bonds. The molecule has 0 aliphatic rings. The second-order valence-electron chi connectivity index (χ2n) is 3.60. The lowest BCUT2D eigenvalue weighted by molar-refractivity contribution is 0.0702. The van der Waals surface area contributed by atoms with Gasteiger partial charge in [-0.1, -0.05) is 11.3 Å². The lowest BCUT2D eigenvalue weighted by Gasteiger charge is -1.99. The number of anilines is 1. The second kappa shape index (κ2) is 4.54. The zero-order valence-corrected chi connectivity index (χ0v) is 10.3. The Morgan fingerprint density at radius 1 is 1.65 bits per heavy atom. The summed E-state index contributed by atoms with van der Waals surface area (Å²) in [6.45, 7) is 2.52. The van der Waals surface area contributed by atoms with E-state index in [1.165, 1.54) is 6.20 Å².